The maximum Gasteiger partial charge on any atom is 0.345 e. The molecule has 1 aliphatic heterocycles. The molecule has 0 aliphatic carbocycles. The number of hydrogen-bond donors (Lipinski definition) is 0. The van der Waals surface area contributed by atoms with E-state index in [1.807, 2.05) is 69.3 Å². The first-order valence-corrected chi connectivity index (χ1v) is 9.16. The number of halogens is 1. The van der Waals surface area contributed by atoms with Crippen molar-refractivity contribution >= 4 is 34.9 Å². The van der Waals surface area contributed by atoms with Crippen LogP contribution in [-0.2, 0) is 15.3 Å². The number of fused-ring (bicyclic) bond motifs is 1. The smallest absolute Gasteiger partial charge is 0.345 e. The van der Waals surface area contributed by atoms with Gasteiger partial charge in [-0.2, -0.15) is 0 Å². The number of ether oxygens (including phenoxy) is 1. The van der Waals surface area contributed by atoms with Crippen LogP contribution >= 0.6 is 23.4 Å². The molecule has 0 fully saturated rings. The number of esters is 1. The highest BCUT2D eigenvalue weighted by Crippen LogP contribution is 2.42. The lowest BCUT2D eigenvalue weighted by molar-refractivity contribution is -0.148. The molecule has 0 unspecified atom stereocenters. The van der Waals surface area contributed by atoms with E-state index in [0.717, 1.165) is 22.3 Å². The number of thioether (sulfide) groups is 1. The third kappa shape index (κ3) is 3.68. The van der Waals surface area contributed by atoms with Crippen LogP contribution in [0.5, 0.6) is 0 Å². The van der Waals surface area contributed by atoms with Crippen LogP contribution in [-0.4, -0.2) is 11.6 Å². The minimum absolute atomic E-state index is 0.271. The fourth-order valence-corrected chi connectivity index (χ4v) is 3.91. The highest BCUT2D eigenvalue weighted by Gasteiger charge is 2.29. The summed E-state index contributed by atoms with van der Waals surface area (Å²) in [7, 11) is 0. The molecule has 3 rings (SSSR count). The molecule has 2 aromatic carbocycles. The van der Waals surface area contributed by atoms with Crippen LogP contribution in [0.25, 0.3) is 5.57 Å². The number of benzene rings is 2. The summed E-state index contributed by atoms with van der Waals surface area (Å²) in [5.41, 5.74) is 3.60. The standard InChI is InChI=1S/C20H19ClO2S/c1-20(2,3)23-19(22)18-17(13-7-5-4-6-8-13)16-10-9-15(21)11-14(16)12-24-18/h4-11H,12H2,1-3H3. The number of carbonyl (C=O) groups excluding carboxylic acids is 1. The number of carbonyl (C=O) groups is 1. The van der Waals surface area contributed by atoms with E-state index in [4.69, 9.17) is 16.3 Å². The summed E-state index contributed by atoms with van der Waals surface area (Å²) in [4.78, 5) is 13.4. The summed E-state index contributed by atoms with van der Waals surface area (Å²) >= 11 is 7.65. The molecule has 1 heterocycles. The summed E-state index contributed by atoms with van der Waals surface area (Å²) in [6, 6.07) is 15.8. The molecule has 0 radical (unpaired) electrons. The Hall–Kier alpha value is -1.71. The molecule has 124 valence electrons. The Balaban J connectivity index is 2.17. The minimum atomic E-state index is -0.521. The van der Waals surface area contributed by atoms with Gasteiger partial charge >= 0.3 is 5.97 Å². The van der Waals surface area contributed by atoms with E-state index < -0.39 is 5.60 Å². The Morgan fingerprint density at radius 2 is 1.83 bits per heavy atom. The lowest BCUT2D eigenvalue weighted by Crippen LogP contribution is -2.25. The van der Waals surface area contributed by atoms with E-state index in [-0.39, 0.29) is 5.97 Å². The van der Waals surface area contributed by atoms with Gasteiger partial charge in [0.15, 0.2) is 0 Å². The van der Waals surface area contributed by atoms with Gasteiger partial charge in [0, 0.05) is 16.3 Å². The van der Waals surface area contributed by atoms with E-state index in [1.54, 1.807) is 0 Å². The third-order valence-corrected chi connectivity index (χ3v) is 4.93. The zero-order chi connectivity index (χ0) is 17.3. The predicted octanol–water partition coefficient (Wildman–Crippen LogP) is 5.69. The van der Waals surface area contributed by atoms with Crippen molar-refractivity contribution < 1.29 is 9.53 Å². The van der Waals surface area contributed by atoms with Crippen LogP contribution in [0.4, 0.5) is 0 Å². The summed E-state index contributed by atoms with van der Waals surface area (Å²) in [6.07, 6.45) is 0. The van der Waals surface area contributed by atoms with Gasteiger partial charge in [0.05, 0.1) is 0 Å². The molecule has 0 N–H and O–H groups in total. The van der Waals surface area contributed by atoms with Crippen LogP contribution < -0.4 is 0 Å². The summed E-state index contributed by atoms with van der Waals surface area (Å²) in [5, 5.41) is 0.711. The van der Waals surface area contributed by atoms with Gasteiger partial charge < -0.3 is 4.74 Å². The lowest BCUT2D eigenvalue weighted by Gasteiger charge is -2.26. The first-order valence-electron chi connectivity index (χ1n) is 7.80. The van der Waals surface area contributed by atoms with E-state index in [2.05, 4.69) is 0 Å². The quantitative estimate of drug-likeness (QED) is 0.645. The van der Waals surface area contributed by atoms with Crippen molar-refractivity contribution in [2.24, 2.45) is 0 Å². The molecule has 0 atom stereocenters. The van der Waals surface area contributed by atoms with Crippen LogP contribution in [0.1, 0.15) is 37.5 Å². The Bertz CT molecular complexity index is 804. The SMILES string of the molecule is CC(C)(C)OC(=O)C1=C(c2ccccc2)c2ccc(Cl)cc2CS1. The van der Waals surface area contributed by atoms with E-state index in [0.29, 0.717) is 15.7 Å². The topological polar surface area (TPSA) is 26.3 Å². The lowest BCUT2D eigenvalue weighted by atomic mass is 9.93. The number of rotatable bonds is 2. The Labute approximate surface area is 151 Å². The maximum atomic E-state index is 12.7. The maximum absolute atomic E-state index is 12.7. The average Bonchev–Trinajstić information content (AvgIpc) is 2.52. The normalized spacial score (nSPS) is 14.3. The van der Waals surface area contributed by atoms with Gasteiger partial charge in [-0.3, -0.25) is 0 Å². The van der Waals surface area contributed by atoms with Gasteiger partial charge in [-0.1, -0.05) is 48.0 Å². The Morgan fingerprint density at radius 1 is 1.12 bits per heavy atom. The molecular weight excluding hydrogens is 340 g/mol. The summed E-state index contributed by atoms with van der Waals surface area (Å²) in [6.45, 7) is 5.65. The van der Waals surface area contributed by atoms with Gasteiger partial charge in [0.25, 0.3) is 0 Å². The number of hydrogen-bond acceptors (Lipinski definition) is 3. The molecule has 2 nitrogen and oxygen atoms in total. The highest BCUT2D eigenvalue weighted by atomic mass is 35.5. The van der Waals surface area contributed by atoms with Crippen molar-refractivity contribution in [3.05, 3.63) is 75.1 Å². The predicted molar refractivity (Wildman–Crippen MR) is 101 cm³/mol. The molecule has 2 aromatic rings. The zero-order valence-corrected chi connectivity index (χ0v) is 15.5. The van der Waals surface area contributed by atoms with E-state index >= 15 is 0 Å². The monoisotopic (exact) mass is 358 g/mol. The highest BCUT2D eigenvalue weighted by molar-refractivity contribution is 8.03. The second-order valence-electron chi connectivity index (χ2n) is 6.66. The second kappa shape index (κ2) is 6.66. The minimum Gasteiger partial charge on any atom is -0.456 e. The molecule has 0 saturated carbocycles. The molecular formula is C20H19ClO2S. The van der Waals surface area contributed by atoms with Crippen LogP contribution in [0.15, 0.2) is 53.4 Å². The third-order valence-electron chi connectivity index (χ3n) is 3.58. The van der Waals surface area contributed by atoms with Crippen molar-refractivity contribution in [3.63, 3.8) is 0 Å². The molecule has 0 bridgehead atoms. The van der Waals surface area contributed by atoms with Crippen molar-refractivity contribution in [2.75, 3.05) is 0 Å². The fourth-order valence-electron chi connectivity index (χ4n) is 2.65. The molecule has 0 spiro atoms. The zero-order valence-electron chi connectivity index (χ0n) is 13.9. The van der Waals surface area contributed by atoms with Crippen molar-refractivity contribution in [1.29, 1.82) is 0 Å². The van der Waals surface area contributed by atoms with Crippen molar-refractivity contribution in [3.8, 4) is 0 Å². The van der Waals surface area contributed by atoms with Crippen molar-refractivity contribution in [1.82, 2.24) is 0 Å². The van der Waals surface area contributed by atoms with Crippen LogP contribution in [0.2, 0.25) is 5.02 Å². The second-order valence-corrected chi connectivity index (χ2v) is 8.08. The molecule has 1 aliphatic rings. The summed E-state index contributed by atoms with van der Waals surface area (Å²) in [5.74, 6) is 0.438. The van der Waals surface area contributed by atoms with Gasteiger partial charge in [-0.05, 0) is 49.6 Å². The van der Waals surface area contributed by atoms with E-state index in [9.17, 15) is 4.79 Å². The fraction of sp³-hybridized carbons (Fsp3) is 0.250. The largest absolute Gasteiger partial charge is 0.456 e. The molecule has 4 heteroatoms. The first-order chi connectivity index (χ1) is 11.3. The van der Waals surface area contributed by atoms with Crippen LogP contribution in [0.3, 0.4) is 0 Å². The van der Waals surface area contributed by atoms with Gasteiger partial charge in [0.1, 0.15) is 10.5 Å². The van der Waals surface area contributed by atoms with E-state index in [1.165, 1.54) is 11.8 Å². The van der Waals surface area contributed by atoms with Gasteiger partial charge in [0.2, 0.25) is 0 Å². The van der Waals surface area contributed by atoms with Crippen molar-refractivity contribution in [2.45, 2.75) is 32.1 Å². The Morgan fingerprint density at radius 3 is 2.50 bits per heavy atom. The molecule has 24 heavy (non-hydrogen) atoms. The Kier molecular flexibility index (Phi) is 4.75. The van der Waals surface area contributed by atoms with Crippen LogP contribution in [0, 0.1) is 0 Å². The molecule has 0 amide bonds. The summed E-state index contributed by atoms with van der Waals surface area (Å²) < 4.78 is 5.62. The van der Waals surface area contributed by atoms with Gasteiger partial charge in [-0.15, -0.1) is 11.8 Å². The van der Waals surface area contributed by atoms with Gasteiger partial charge in [-0.25, -0.2) is 4.79 Å². The molecule has 0 saturated heterocycles. The average molecular weight is 359 g/mol. The molecule has 0 aromatic heterocycles. The first kappa shape index (κ1) is 17.1.